The molecule has 3 aromatic rings. The molecule has 5 rings (SSSR count). The van der Waals surface area contributed by atoms with Gasteiger partial charge >= 0.3 is 0 Å². The van der Waals surface area contributed by atoms with Crippen LogP contribution in [0.2, 0.25) is 0 Å². The van der Waals surface area contributed by atoms with E-state index in [1.54, 1.807) is 12.3 Å². The van der Waals surface area contributed by atoms with Gasteiger partial charge in [-0.1, -0.05) is 24.3 Å². The SMILES string of the molecule is O=C(N/N=C/C1=C(Sc2nc3ccccc3o2)CCCC1)C1COc2ccccc2O1. The highest BCUT2D eigenvalue weighted by molar-refractivity contribution is 8.02. The Balaban J connectivity index is 1.25. The number of para-hydroxylation sites is 4. The van der Waals surface area contributed by atoms with Crippen LogP contribution in [-0.4, -0.2) is 29.8 Å². The second-order valence-corrected chi connectivity index (χ2v) is 8.35. The average molecular weight is 436 g/mol. The number of amides is 1. The van der Waals surface area contributed by atoms with E-state index < -0.39 is 6.10 Å². The van der Waals surface area contributed by atoms with Gasteiger partial charge in [0.25, 0.3) is 11.1 Å². The molecule has 1 N–H and O–H groups in total. The minimum absolute atomic E-state index is 0.153. The van der Waals surface area contributed by atoms with Crippen molar-refractivity contribution in [3.8, 4) is 11.5 Å². The third-order valence-electron chi connectivity index (χ3n) is 5.14. The van der Waals surface area contributed by atoms with Crippen molar-refractivity contribution in [2.75, 3.05) is 6.61 Å². The standard InChI is InChI=1S/C23H21N3O4S/c27-22(20-14-28-18-10-4-5-11-19(18)29-20)26-24-13-15-7-1-6-12-21(15)31-23-25-16-8-2-3-9-17(16)30-23/h2-5,8-11,13,20H,1,6-7,12,14H2,(H,26,27)/b24-13+. The molecule has 8 heteroatoms. The lowest BCUT2D eigenvalue weighted by Gasteiger charge is -2.24. The summed E-state index contributed by atoms with van der Waals surface area (Å²) in [7, 11) is 0. The van der Waals surface area contributed by atoms with Gasteiger partial charge in [0.05, 0.1) is 6.21 Å². The van der Waals surface area contributed by atoms with Crippen LogP contribution >= 0.6 is 11.8 Å². The molecular formula is C23H21N3O4S. The molecule has 0 bridgehead atoms. The van der Waals surface area contributed by atoms with Gasteiger partial charge in [-0.25, -0.2) is 10.4 Å². The summed E-state index contributed by atoms with van der Waals surface area (Å²) in [4.78, 5) is 18.2. The number of benzene rings is 2. The number of nitrogens with zero attached hydrogens (tertiary/aromatic N) is 2. The number of carbonyl (C=O) groups is 1. The van der Waals surface area contributed by atoms with Gasteiger partial charge in [0.2, 0.25) is 6.10 Å². The number of hydrogen-bond donors (Lipinski definition) is 1. The molecule has 2 aliphatic rings. The summed E-state index contributed by atoms with van der Waals surface area (Å²) < 4.78 is 17.2. The summed E-state index contributed by atoms with van der Waals surface area (Å²) in [6.45, 7) is 0.153. The van der Waals surface area contributed by atoms with E-state index in [0.29, 0.717) is 16.7 Å². The molecule has 1 unspecified atom stereocenters. The molecular weight excluding hydrogens is 414 g/mol. The lowest BCUT2D eigenvalue weighted by molar-refractivity contribution is -0.130. The third-order valence-corrected chi connectivity index (χ3v) is 6.20. The summed E-state index contributed by atoms with van der Waals surface area (Å²) in [6, 6.07) is 15.0. The summed E-state index contributed by atoms with van der Waals surface area (Å²) in [5, 5.41) is 4.80. The van der Waals surface area contributed by atoms with Crippen LogP contribution in [0.5, 0.6) is 11.5 Å². The fourth-order valence-corrected chi connectivity index (χ4v) is 4.57. The summed E-state index contributed by atoms with van der Waals surface area (Å²) in [6.07, 6.45) is 5.02. The number of hydrazone groups is 1. The van der Waals surface area contributed by atoms with Gasteiger partial charge < -0.3 is 13.9 Å². The van der Waals surface area contributed by atoms with Crippen LogP contribution in [0.4, 0.5) is 0 Å². The molecule has 31 heavy (non-hydrogen) atoms. The van der Waals surface area contributed by atoms with Crippen molar-refractivity contribution in [1.82, 2.24) is 10.4 Å². The van der Waals surface area contributed by atoms with Crippen molar-refractivity contribution in [2.45, 2.75) is 37.0 Å². The third kappa shape index (κ3) is 4.44. The Bertz CT molecular complexity index is 1140. The van der Waals surface area contributed by atoms with Gasteiger partial charge in [-0.3, -0.25) is 4.79 Å². The van der Waals surface area contributed by atoms with Crippen molar-refractivity contribution in [1.29, 1.82) is 0 Å². The number of nitrogens with one attached hydrogen (secondary N) is 1. The second kappa shape index (κ2) is 8.85. The Kier molecular flexibility index (Phi) is 5.62. The minimum Gasteiger partial charge on any atom is -0.485 e. The second-order valence-electron chi connectivity index (χ2n) is 7.30. The molecule has 2 aromatic carbocycles. The molecule has 1 aliphatic carbocycles. The largest absolute Gasteiger partial charge is 0.485 e. The summed E-state index contributed by atoms with van der Waals surface area (Å²) in [5.74, 6) is 0.864. The summed E-state index contributed by atoms with van der Waals surface area (Å²) >= 11 is 1.53. The van der Waals surface area contributed by atoms with Crippen molar-refractivity contribution >= 4 is 35.0 Å². The average Bonchev–Trinajstić information content (AvgIpc) is 3.22. The van der Waals surface area contributed by atoms with Gasteiger partial charge in [-0.2, -0.15) is 5.10 Å². The monoisotopic (exact) mass is 435 g/mol. The molecule has 158 valence electrons. The summed E-state index contributed by atoms with van der Waals surface area (Å²) in [5.41, 5.74) is 5.29. The van der Waals surface area contributed by atoms with E-state index in [0.717, 1.165) is 42.4 Å². The minimum atomic E-state index is -0.735. The molecule has 1 amide bonds. The predicted molar refractivity (Wildman–Crippen MR) is 118 cm³/mol. The van der Waals surface area contributed by atoms with Gasteiger partial charge in [-0.15, -0.1) is 0 Å². The molecule has 1 atom stereocenters. The van der Waals surface area contributed by atoms with Crippen LogP contribution in [0.25, 0.3) is 11.1 Å². The highest BCUT2D eigenvalue weighted by Gasteiger charge is 2.27. The van der Waals surface area contributed by atoms with Gasteiger partial charge in [0, 0.05) is 0 Å². The first-order valence-electron chi connectivity index (χ1n) is 10.2. The Morgan fingerprint density at radius 2 is 1.90 bits per heavy atom. The molecule has 0 saturated carbocycles. The Morgan fingerprint density at radius 3 is 2.81 bits per heavy atom. The zero-order valence-electron chi connectivity index (χ0n) is 16.7. The fraction of sp³-hybridized carbons (Fsp3) is 0.261. The number of ether oxygens (including phenoxy) is 2. The molecule has 0 saturated heterocycles. The highest BCUT2D eigenvalue weighted by atomic mass is 32.2. The number of thioether (sulfide) groups is 1. The number of carbonyl (C=O) groups excluding carboxylic acids is 1. The maximum atomic E-state index is 12.4. The topological polar surface area (TPSA) is 86.0 Å². The van der Waals surface area contributed by atoms with Crippen LogP contribution in [0.3, 0.4) is 0 Å². The number of fused-ring (bicyclic) bond motifs is 2. The Hall–Kier alpha value is -3.26. The first kappa shape index (κ1) is 19.7. The van der Waals surface area contributed by atoms with E-state index in [2.05, 4.69) is 15.5 Å². The van der Waals surface area contributed by atoms with E-state index in [1.165, 1.54) is 16.7 Å². The van der Waals surface area contributed by atoms with E-state index in [9.17, 15) is 4.79 Å². The molecule has 7 nitrogen and oxygen atoms in total. The Morgan fingerprint density at radius 1 is 1.10 bits per heavy atom. The normalized spacial score (nSPS) is 18.5. The van der Waals surface area contributed by atoms with Crippen LogP contribution in [0.1, 0.15) is 25.7 Å². The van der Waals surface area contributed by atoms with Crippen molar-refractivity contribution in [3.63, 3.8) is 0 Å². The van der Waals surface area contributed by atoms with E-state index >= 15 is 0 Å². The fourth-order valence-electron chi connectivity index (χ4n) is 3.55. The van der Waals surface area contributed by atoms with Crippen molar-refractivity contribution in [3.05, 3.63) is 59.0 Å². The van der Waals surface area contributed by atoms with Crippen LogP contribution in [-0.2, 0) is 4.79 Å². The van der Waals surface area contributed by atoms with Gasteiger partial charge in [0.15, 0.2) is 17.1 Å². The van der Waals surface area contributed by atoms with E-state index in [1.807, 2.05) is 42.5 Å². The van der Waals surface area contributed by atoms with Gasteiger partial charge in [-0.05, 0) is 72.2 Å². The van der Waals surface area contributed by atoms with Crippen LogP contribution < -0.4 is 14.9 Å². The van der Waals surface area contributed by atoms with Crippen LogP contribution in [0, 0.1) is 0 Å². The number of allylic oxidation sites excluding steroid dienone is 2. The lowest BCUT2D eigenvalue weighted by atomic mass is 10.0. The molecule has 1 aliphatic heterocycles. The maximum Gasteiger partial charge on any atom is 0.284 e. The zero-order chi connectivity index (χ0) is 21.0. The lowest BCUT2D eigenvalue weighted by Crippen LogP contribution is -2.42. The molecule has 0 radical (unpaired) electrons. The van der Waals surface area contributed by atoms with E-state index in [4.69, 9.17) is 13.9 Å². The van der Waals surface area contributed by atoms with Gasteiger partial charge in [0.1, 0.15) is 12.1 Å². The molecule has 1 aromatic heterocycles. The number of rotatable bonds is 5. The molecule has 2 heterocycles. The Labute approximate surface area is 183 Å². The predicted octanol–water partition coefficient (Wildman–Crippen LogP) is 4.69. The first-order valence-corrected chi connectivity index (χ1v) is 11.0. The smallest absolute Gasteiger partial charge is 0.284 e. The zero-order valence-corrected chi connectivity index (χ0v) is 17.6. The number of oxazole rings is 1. The molecule has 0 fully saturated rings. The molecule has 0 spiro atoms. The first-order chi connectivity index (χ1) is 15.3. The highest BCUT2D eigenvalue weighted by Crippen LogP contribution is 2.37. The van der Waals surface area contributed by atoms with Crippen LogP contribution in [0.15, 0.2) is 73.8 Å². The number of aromatic nitrogens is 1. The van der Waals surface area contributed by atoms with Crippen molar-refractivity contribution in [2.24, 2.45) is 5.10 Å². The number of hydrogen-bond acceptors (Lipinski definition) is 7. The maximum absolute atomic E-state index is 12.4. The quantitative estimate of drug-likeness (QED) is 0.462. The van der Waals surface area contributed by atoms with Crippen molar-refractivity contribution < 1.29 is 18.7 Å². The van der Waals surface area contributed by atoms with E-state index in [-0.39, 0.29) is 12.5 Å².